The number of carbonyl (C=O) groups excluding carboxylic acids is 1. The van der Waals surface area contributed by atoms with E-state index in [-0.39, 0.29) is 18.1 Å². The second kappa shape index (κ2) is 6.16. The minimum atomic E-state index is -0.0337. The largest absolute Gasteiger partial charge is 0.495 e. The average Bonchev–Trinajstić information content (AvgIpc) is 2.38. The molecule has 2 rings (SSSR count). The third-order valence-electron chi connectivity index (χ3n) is 4.02. The summed E-state index contributed by atoms with van der Waals surface area (Å²) in [5, 5.41) is 2.99. The lowest BCUT2D eigenvalue weighted by atomic mass is 9.98. The van der Waals surface area contributed by atoms with Crippen molar-refractivity contribution in [3.63, 3.8) is 0 Å². The van der Waals surface area contributed by atoms with Crippen LogP contribution in [0.4, 0.5) is 10.5 Å². The second-order valence-corrected chi connectivity index (χ2v) is 5.67. The molecule has 1 N–H and O–H groups in total. The van der Waals surface area contributed by atoms with E-state index in [0.717, 1.165) is 24.1 Å². The van der Waals surface area contributed by atoms with Gasteiger partial charge in [-0.15, -0.1) is 0 Å². The molecular weight excluding hydrogens is 252 g/mol. The number of nitrogens with one attached hydrogen (secondary N) is 1. The van der Waals surface area contributed by atoms with E-state index in [2.05, 4.69) is 19.2 Å². The maximum Gasteiger partial charge on any atom is 0.322 e. The Morgan fingerprint density at radius 3 is 2.55 bits per heavy atom. The number of benzene rings is 1. The molecule has 1 aromatic rings. The molecule has 0 saturated carbocycles. The molecule has 0 bridgehead atoms. The van der Waals surface area contributed by atoms with Gasteiger partial charge in [-0.25, -0.2) is 4.79 Å². The van der Waals surface area contributed by atoms with Gasteiger partial charge >= 0.3 is 6.03 Å². The number of anilines is 1. The molecule has 0 spiro atoms. The van der Waals surface area contributed by atoms with Crippen molar-refractivity contribution in [3.8, 4) is 5.75 Å². The Bertz CT molecular complexity index is 477. The van der Waals surface area contributed by atoms with Gasteiger partial charge in [0.15, 0.2) is 0 Å². The summed E-state index contributed by atoms with van der Waals surface area (Å²) >= 11 is 0. The molecule has 0 radical (unpaired) electrons. The second-order valence-electron chi connectivity index (χ2n) is 5.67. The van der Waals surface area contributed by atoms with Gasteiger partial charge in [0.2, 0.25) is 0 Å². The number of aryl methyl sites for hydroxylation is 1. The van der Waals surface area contributed by atoms with E-state index < -0.39 is 0 Å². The first kappa shape index (κ1) is 14.7. The van der Waals surface area contributed by atoms with Crippen molar-refractivity contribution in [2.75, 3.05) is 12.4 Å². The zero-order valence-corrected chi connectivity index (χ0v) is 12.8. The summed E-state index contributed by atoms with van der Waals surface area (Å²) in [7, 11) is 1.62. The summed E-state index contributed by atoms with van der Waals surface area (Å²) < 4.78 is 5.31. The maximum atomic E-state index is 12.5. The first-order valence-electron chi connectivity index (χ1n) is 7.27. The monoisotopic (exact) mass is 276 g/mol. The van der Waals surface area contributed by atoms with E-state index in [1.165, 1.54) is 6.42 Å². The zero-order chi connectivity index (χ0) is 14.7. The van der Waals surface area contributed by atoms with Crippen LogP contribution in [0.15, 0.2) is 18.2 Å². The number of carbonyl (C=O) groups is 1. The Hall–Kier alpha value is -1.71. The molecule has 110 valence electrons. The summed E-state index contributed by atoms with van der Waals surface area (Å²) in [6.07, 6.45) is 3.34. The number of rotatable bonds is 2. The summed E-state index contributed by atoms with van der Waals surface area (Å²) in [4.78, 5) is 14.5. The molecule has 4 heteroatoms. The van der Waals surface area contributed by atoms with Crippen LogP contribution in [0.2, 0.25) is 0 Å². The van der Waals surface area contributed by atoms with E-state index in [1.807, 2.05) is 30.0 Å². The quantitative estimate of drug-likeness (QED) is 0.892. The minimum Gasteiger partial charge on any atom is -0.495 e. The number of ether oxygens (including phenoxy) is 1. The molecule has 2 unspecified atom stereocenters. The van der Waals surface area contributed by atoms with Gasteiger partial charge < -0.3 is 15.0 Å². The molecule has 20 heavy (non-hydrogen) atoms. The molecule has 2 atom stereocenters. The molecule has 1 aromatic carbocycles. The summed E-state index contributed by atoms with van der Waals surface area (Å²) in [5.41, 5.74) is 1.84. The number of piperidine rings is 1. The Labute approximate surface area is 121 Å². The predicted octanol–water partition coefficient (Wildman–Crippen LogP) is 3.80. The normalized spacial score (nSPS) is 22.5. The number of methoxy groups -OCH3 is 1. The standard InChI is InChI=1S/C16H24N2O2/c1-11-8-9-15(20-4)14(10-11)17-16(19)18-12(2)6-5-7-13(18)3/h8-10,12-13H,5-7H2,1-4H3,(H,17,19). The fraction of sp³-hybridized carbons (Fsp3) is 0.562. The zero-order valence-electron chi connectivity index (χ0n) is 12.8. The highest BCUT2D eigenvalue weighted by molar-refractivity contribution is 5.91. The number of likely N-dealkylation sites (tertiary alicyclic amines) is 1. The number of nitrogens with zero attached hydrogens (tertiary/aromatic N) is 1. The van der Waals surface area contributed by atoms with Crippen molar-refractivity contribution in [2.24, 2.45) is 0 Å². The minimum absolute atomic E-state index is 0.0337. The van der Waals surface area contributed by atoms with Crippen molar-refractivity contribution in [2.45, 2.75) is 52.1 Å². The Morgan fingerprint density at radius 1 is 1.30 bits per heavy atom. The highest BCUT2D eigenvalue weighted by Crippen LogP contribution is 2.28. The van der Waals surface area contributed by atoms with Gasteiger partial charge in [0.25, 0.3) is 0 Å². The van der Waals surface area contributed by atoms with Crippen molar-refractivity contribution in [1.29, 1.82) is 0 Å². The van der Waals surface area contributed by atoms with Gasteiger partial charge in [-0.3, -0.25) is 0 Å². The van der Waals surface area contributed by atoms with Crippen LogP contribution in [0.3, 0.4) is 0 Å². The Balaban J connectivity index is 2.16. The molecule has 1 aliphatic rings. The van der Waals surface area contributed by atoms with Gasteiger partial charge in [-0.2, -0.15) is 0 Å². The number of hydrogen-bond acceptors (Lipinski definition) is 2. The van der Waals surface area contributed by atoms with Crippen LogP contribution in [-0.4, -0.2) is 30.1 Å². The first-order chi connectivity index (χ1) is 9.52. The third kappa shape index (κ3) is 3.06. The van der Waals surface area contributed by atoms with Crippen molar-refractivity contribution in [3.05, 3.63) is 23.8 Å². The maximum absolute atomic E-state index is 12.5. The van der Waals surface area contributed by atoms with Crippen LogP contribution in [0.1, 0.15) is 38.7 Å². The predicted molar refractivity (Wildman–Crippen MR) is 81.4 cm³/mol. The van der Waals surface area contributed by atoms with Crippen molar-refractivity contribution >= 4 is 11.7 Å². The van der Waals surface area contributed by atoms with E-state index in [1.54, 1.807) is 7.11 Å². The van der Waals surface area contributed by atoms with Gasteiger partial charge in [0.05, 0.1) is 12.8 Å². The molecule has 1 heterocycles. The Morgan fingerprint density at radius 2 is 1.95 bits per heavy atom. The molecular formula is C16H24N2O2. The molecule has 1 saturated heterocycles. The number of urea groups is 1. The molecule has 1 aliphatic heterocycles. The van der Waals surface area contributed by atoms with Crippen LogP contribution in [0.25, 0.3) is 0 Å². The highest BCUT2D eigenvalue weighted by atomic mass is 16.5. The highest BCUT2D eigenvalue weighted by Gasteiger charge is 2.29. The van der Waals surface area contributed by atoms with Crippen molar-refractivity contribution in [1.82, 2.24) is 4.90 Å². The SMILES string of the molecule is COc1ccc(C)cc1NC(=O)N1C(C)CCCC1C. The average molecular weight is 276 g/mol. The van der Waals surface area contributed by atoms with Crippen LogP contribution in [0, 0.1) is 6.92 Å². The van der Waals surface area contributed by atoms with Crippen LogP contribution in [-0.2, 0) is 0 Å². The lowest BCUT2D eigenvalue weighted by molar-refractivity contribution is 0.133. The lowest BCUT2D eigenvalue weighted by Gasteiger charge is -2.39. The fourth-order valence-electron chi connectivity index (χ4n) is 2.92. The molecule has 1 fully saturated rings. The molecule has 0 aliphatic carbocycles. The van der Waals surface area contributed by atoms with Crippen LogP contribution in [0.5, 0.6) is 5.75 Å². The Kier molecular flexibility index (Phi) is 4.53. The number of amides is 2. The smallest absolute Gasteiger partial charge is 0.322 e. The fourth-order valence-corrected chi connectivity index (χ4v) is 2.92. The van der Waals surface area contributed by atoms with Gasteiger partial charge in [0, 0.05) is 12.1 Å². The summed E-state index contributed by atoms with van der Waals surface area (Å²) in [6.45, 7) is 6.23. The van der Waals surface area contributed by atoms with Gasteiger partial charge in [-0.05, 0) is 57.7 Å². The van der Waals surface area contributed by atoms with E-state index in [0.29, 0.717) is 5.75 Å². The van der Waals surface area contributed by atoms with Gasteiger partial charge in [0.1, 0.15) is 5.75 Å². The molecule has 0 aromatic heterocycles. The van der Waals surface area contributed by atoms with E-state index >= 15 is 0 Å². The third-order valence-corrected chi connectivity index (χ3v) is 4.02. The van der Waals surface area contributed by atoms with E-state index in [9.17, 15) is 4.79 Å². The first-order valence-corrected chi connectivity index (χ1v) is 7.27. The molecule has 4 nitrogen and oxygen atoms in total. The lowest BCUT2D eigenvalue weighted by Crippen LogP contribution is -2.49. The summed E-state index contributed by atoms with van der Waals surface area (Å²) in [6, 6.07) is 6.34. The van der Waals surface area contributed by atoms with E-state index in [4.69, 9.17) is 4.74 Å². The topological polar surface area (TPSA) is 41.6 Å². The van der Waals surface area contributed by atoms with Crippen molar-refractivity contribution < 1.29 is 9.53 Å². The molecule has 2 amide bonds. The number of hydrogen-bond donors (Lipinski definition) is 1. The van der Waals surface area contributed by atoms with Gasteiger partial charge in [-0.1, -0.05) is 6.07 Å². The van der Waals surface area contributed by atoms with Crippen LogP contribution < -0.4 is 10.1 Å². The summed E-state index contributed by atoms with van der Waals surface area (Å²) in [5.74, 6) is 0.696. The van der Waals surface area contributed by atoms with Crippen LogP contribution >= 0.6 is 0 Å².